The van der Waals surface area contributed by atoms with Crippen molar-refractivity contribution in [1.82, 2.24) is 19.1 Å². The molecule has 0 fully saturated rings. The predicted octanol–water partition coefficient (Wildman–Crippen LogP) is 0.388. The molecule has 0 amide bonds. The molecule has 0 spiro atoms. The third kappa shape index (κ3) is 0.672. The van der Waals surface area contributed by atoms with Crippen LogP contribution in [0.4, 0.5) is 0 Å². The Bertz CT molecular complexity index is 379. The van der Waals surface area contributed by atoms with Gasteiger partial charge in [-0.25, -0.2) is 9.67 Å². The van der Waals surface area contributed by atoms with Crippen molar-refractivity contribution in [3.05, 3.63) is 18.4 Å². The van der Waals surface area contributed by atoms with E-state index in [9.17, 15) is 0 Å². The maximum Gasteiger partial charge on any atom is 0.199 e. The maximum absolute atomic E-state index is 4.30. The second kappa shape index (κ2) is 2.10. The van der Waals surface area contributed by atoms with Crippen LogP contribution in [0.25, 0.3) is 6.20 Å². The van der Waals surface area contributed by atoms with Crippen molar-refractivity contribution >= 4 is 24.0 Å². The standard InChI is InChI=1S/C6H5N5S/c1-2-11-6(8-4-12-11)5-7-3-9-10(1)5/h1-3H,4H2. The number of rotatable bonds is 0. The summed E-state index contributed by atoms with van der Waals surface area (Å²) in [5, 5.41) is 4.02. The minimum absolute atomic E-state index is 0.770. The van der Waals surface area contributed by atoms with Gasteiger partial charge in [0.2, 0.25) is 0 Å². The van der Waals surface area contributed by atoms with Gasteiger partial charge in [0.1, 0.15) is 12.2 Å². The van der Waals surface area contributed by atoms with Crippen molar-refractivity contribution in [2.24, 2.45) is 4.99 Å². The Morgan fingerprint density at radius 2 is 2.42 bits per heavy atom. The van der Waals surface area contributed by atoms with Crippen molar-refractivity contribution in [2.45, 2.75) is 0 Å². The van der Waals surface area contributed by atoms with Crippen molar-refractivity contribution in [3.63, 3.8) is 0 Å². The van der Waals surface area contributed by atoms with E-state index in [1.165, 1.54) is 6.33 Å². The first kappa shape index (κ1) is 6.24. The molecule has 2 aliphatic heterocycles. The molecule has 2 aliphatic rings. The lowest BCUT2D eigenvalue weighted by Crippen LogP contribution is -2.23. The fraction of sp³-hybridized carbons (Fsp3) is 0.167. The zero-order valence-electron chi connectivity index (χ0n) is 6.08. The summed E-state index contributed by atoms with van der Waals surface area (Å²) in [5.74, 6) is 2.49. The summed E-state index contributed by atoms with van der Waals surface area (Å²) in [7, 11) is 0. The van der Waals surface area contributed by atoms with E-state index in [0.717, 1.165) is 17.5 Å². The number of aromatic nitrogens is 3. The Morgan fingerprint density at radius 3 is 3.42 bits per heavy atom. The average Bonchev–Trinajstić information content (AvgIpc) is 2.71. The molecule has 0 saturated carbocycles. The van der Waals surface area contributed by atoms with Crippen molar-refractivity contribution < 1.29 is 0 Å². The lowest BCUT2D eigenvalue weighted by Gasteiger charge is -2.16. The van der Waals surface area contributed by atoms with Gasteiger partial charge < -0.3 is 0 Å². The summed E-state index contributed by atoms with van der Waals surface area (Å²) < 4.78 is 3.73. The summed E-state index contributed by atoms with van der Waals surface area (Å²) in [4.78, 5) is 8.42. The number of amidine groups is 1. The summed E-state index contributed by atoms with van der Waals surface area (Å²) in [6.45, 7) is 0. The summed E-state index contributed by atoms with van der Waals surface area (Å²) >= 11 is 1.65. The SMILES string of the molecule is C1=Cn2ncnc2C2=NCSN12. The Labute approximate surface area is 72.9 Å². The first-order valence-corrected chi connectivity index (χ1v) is 4.44. The van der Waals surface area contributed by atoms with E-state index in [0.29, 0.717) is 0 Å². The van der Waals surface area contributed by atoms with Gasteiger partial charge in [0.25, 0.3) is 0 Å². The van der Waals surface area contributed by atoms with Crippen LogP contribution in [-0.4, -0.2) is 30.8 Å². The van der Waals surface area contributed by atoms with Crippen LogP contribution in [0, 0.1) is 0 Å². The zero-order chi connectivity index (χ0) is 7.97. The number of fused-ring (bicyclic) bond motifs is 3. The molecule has 0 unspecified atom stereocenters. The molecule has 1 aromatic rings. The number of hydrogen-bond donors (Lipinski definition) is 0. The van der Waals surface area contributed by atoms with E-state index in [4.69, 9.17) is 0 Å². The van der Waals surface area contributed by atoms with Crippen LogP contribution in [0.2, 0.25) is 0 Å². The third-order valence-electron chi connectivity index (χ3n) is 1.74. The van der Waals surface area contributed by atoms with Crippen LogP contribution in [0.1, 0.15) is 5.82 Å². The normalized spacial score (nSPS) is 19.0. The fourth-order valence-corrected chi connectivity index (χ4v) is 1.92. The van der Waals surface area contributed by atoms with Gasteiger partial charge in [-0.1, -0.05) is 0 Å². The minimum atomic E-state index is 0.770. The Morgan fingerprint density at radius 1 is 1.42 bits per heavy atom. The van der Waals surface area contributed by atoms with E-state index >= 15 is 0 Å². The van der Waals surface area contributed by atoms with Crippen molar-refractivity contribution in [3.8, 4) is 0 Å². The fourth-order valence-electron chi connectivity index (χ4n) is 1.21. The Kier molecular flexibility index (Phi) is 1.09. The molecule has 6 heteroatoms. The van der Waals surface area contributed by atoms with E-state index in [2.05, 4.69) is 15.1 Å². The van der Waals surface area contributed by atoms with Crippen LogP contribution in [0.3, 0.4) is 0 Å². The molecule has 0 aliphatic carbocycles. The molecule has 0 saturated heterocycles. The number of aliphatic imine (C=N–C) groups is 1. The molecule has 1 aromatic heterocycles. The average molecular weight is 179 g/mol. The highest BCUT2D eigenvalue weighted by molar-refractivity contribution is 7.97. The highest BCUT2D eigenvalue weighted by Gasteiger charge is 2.24. The van der Waals surface area contributed by atoms with Gasteiger partial charge in [-0.2, -0.15) is 5.10 Å². The molecule has 12 heavy (non-hydrogen) atoms. The van der Waals surface area contributed by atoms with Crippen LogP contribution >= 0.6 is 11.9 Å². The molecule has 3 rings (SSSR count). The third-order valence-corrected chi connectivity index (χ3v) is 2.55. The highest BCUT2D eigenvalue weighted by atomic mass is 32.2. The molecule has 5 nitrogen and oxygen atoms in total. The lowest BCUT2D eigenvalue weighted by atomic mass is 10.5. The van der Waals surface area contributed by atoms with Crippen LogP contribution in [0.5, 0.6) is 0 Å². The smallest absolute Gasteiger partial charge is 0.199 e. The summed E-state index contributed by atoms with van der Waals surface area (Å²) in [5.41, 5.74) is 0. The maximum atomic E-state index is 4.30. The first-order chi connectivity index (χ1) is 5.95. The molecule has 0 aromatic carbocycles. The Balaban J connectivity index is 2.23. The lowest BCUT2D eigenvalue weighted by molar-refractivity contribution is 0.831. The largest absolute Gasteiger partial charge is 0.269 e. The zero-order valence-corrected chi connectivity index (χ0v) is 6.90. The van der Waals surface area contributed by atoms with Gasteiger partial charge in [0.05, 0.1) is 0 Å². The van der Waals surface area contributed by atoms with Gasteiger partial charge in [-0.15, -0.1) is 0 Å². The first-order valence-electron chi connectivity index (χ1n) is 3.50. The monoisotopic (exact) mass is 179 g/mol. The molecular weight excluding hydrogens is 174 g/mol. The number of nitrogens with zero attached hydrogens (tertiary/aromatic N) is 5. The molecular formula is C6H5N5S. The second-order valence-electron chi connectivity index (χ2n) is 2.39. The van der Waals surface area contributed by atoms with Crippen LogP contribution < -0.4 is 0 Å². The van der Waals surface area contributed by atoms with Gasteiger partial charge in [-0.3, -0.25) is 9.30 Å². The topological polar surface area (TPSA) is 46.3 Å². The summed E-state index contributed by atoms with van der Waals surface area (Å²) in [6.07, 6.45) is 5.35. The highest BCUT2D eigenvalue weighted by Crippen LogP contribution is 2.25. The van der Waals surface area contributed by atoms with Gasteiger partial charge in [-0.05, 0) is 11.9 Å². The molecule has 0 bridgehead atoms. The minimum Gasteiger partial charge on any atom is -0.269 e. The van der Waals surface area contributed by atoms with E-state index in [-0.39, 0.29) is 0 Å². The summed E-state index contributed by atoms with van der Waals surface area (Å²) in [6, 6.07) is 0. The van der Waals surface area contributed by atoms with Crippen molar-refractivity contribution in [2.75, 3.05) is 5.88 Å². The van der Waals surface area contributed by atoms with Gasteiger partial charge in [0.15, 0.2) is 11.7 Å². The molecule has 3 heterocycles. The predicted molar refractivity (Wildman–Crippen MR) is 46.2 cm³/mol. The van der Waals surface area contributed by atoms with Crippen LogP contribution in [0.15, 0.2) is 17.5 Å². The molecule has 0 radical (unpaired) electrons. The van der Waals surface area contributed by atoms with Crippen LogP contribution in [-0.2, 0) is 0 Å². The molecule has 60 valence electrons. The van der Waals surface area contributed by atoms with E-state index in [1.807, 2.05) is 16.7 Å². The van der Waals surface area contributed by atoms with Gasteiger partial charge >= 0.3 is 0 Å². The van der Waals surface area contributed by atoms with Gasteiger partial charge in [0, 0.05) is 12.4 Å². The van der Waals surface area contributed by atoms with E-state index < -0.39 is 0 Å². The molecule has 0 atom stereocenters. The number of hydrogen-bond acceptors (Lipinski definition) is 5. The van der Waals surface area contributed by atoms with E-state index in [1.54, 1.807) is 16.6 Å². The second-order valence-corrected chi connectivity index (χ2v) is 3.30. The Hall–Kier alpha value is -1.30. The quantitative estimate of drug-likeness (QED) is 0.540. The molecule has 0 N–H and O–H groups in total. The van der Waals surface area contributed by atoms with Crippen molar-refractivity contribution in [1.29, 1.82) is 0 Å².